The molecule has 2 heterocycles. The van der Waals surface area contributed by atoms with Gasteiger partial charge in [-0.05, 0) is 59.5 Å². The number of hydrogen-bond acceptors (Lipinski definition) is 2. The Morgan fingerprint density at radius 1 is 0.933 bits per heavy atom. The summed E-state index contributed by atoms with van der Waals surface area (Å²) in [4.78, 5) is 16.9. The van der Waals surface area contributed by atoms with Crippen LogP contribution in [0.15, 0.2) is 92.9 Å². The van der Waals surface area contributed by atoms with Crippen LogP contribution in [-0.2, 0) is 0 Å². The van der Waals surface area contributed by atoms with Crippen molar-refractivity contribution in [3.63, 3.8) is 0 Å². The molecule has 1 aliphatic heterocycles. The van der Waals surface area contributed by atoms with Crippen molar-refractivity contribution in [3.8, 4) is 0 Å². The minimum absolute atomic E-state index is 0.113. The third-order valence-corrected chi connectivity index (χ3v) is 6.35. The standard InChI is InChI=1S/C24H17Br2N3O/c25-18-9-5-15(6-10-18)21-14-23(22-13-17-3-1-2-4-20(17)27-22)29(28-21)24(30)16-7-11-19(26)12-8-16/h1-13,23,27H,14H2/t23-/m1/s1. The lowest BCUT2D eigenvalue weighted by Crippen LogP contribution is -2.27. The van der Waals surface area contributed by atoms with Gasteiger partial charge in [-0.15, -0.1) is 0 Å². The molecule has 4 aromatic rings. The van der Waals surface area contributed by atoms with Gasteiger partial charge in [-0.25, -0.2) is 5.01 Å². The normalized spacial score (nSPS) is 16.1. The largest absolute Gasteiger partial charge is 0.357 e. The van der Waals surface area contributed by atoms with E-state index in [0.29, 0.717) is 12.0 Å². The molecule has 3 aromatic carbocycles. The molecule has 6 heteroatoms. The molecule has 4 nitrogen and oxygen atoms in total. The van der Waals surface area contributed by atoms with E-state index in [2.05, 4.69) is 49.0 Å². The van der Waals surface area contributed by atoms with E-state index >= 15 is 0 Å². The number of amides is 1. The molecular weight excluding hydrogens is 506 g/mol. The average Bonchev–Trinajstić information content (AvgIpc) is 3.39. The Bertz CT molecular complexity index is 1230. The maximum atomic E-state index is 13.4. The number of benzene rings is 3. The Labute approximate surface area is 190 Å². The zero-order valence-electron chi connectivity index (χ0n) is 15.8. The van der Waals surface area contributed by atoms with Crippen LogP contribution < -0.4 is 0 Å². The van der Waals surface area contributed by atoms with E-state index in [1.54, 1.807) is 5.01 Å². The Hall–Kier alpha value is -2.70. The zero-order valence-corrected chi connectivity index (χ0v) is 19.0. The number of nitrogens with zero attached hydrogens (tertiary/aromatic N) is 2. The zero-order chi connectivity index (χ0) is 20.7. The molecule has 1 aromatic heterocycles. The van der Waals surface area contributed by atoms with Crippen molar-refractivity contribution in [1.82, 2.24) is 9.99 Å². The first-order valence-corrected chi connectivity index (χ1v) is 11.2. The van der Waals surface area contributed by atoms with Crippen molar-refractivity contribution in [2.45, 2.75) is 12.5 Å². The molecule has 1 amide bonds. The Kier molecular flexibility index (Phi) is 5.05. The fraction of sp³-hybridized carbons (Fsp3) is 0.0833. The van der Waals surface area contributed by atoms with Crippen molar-refractivity contribution in [3.05, 3.63) is 105 Å². The molecule has 5 rings (SSSR count). The van der Waals surface area contributed by atoms with Crippen LogP contribution >= 0.6 is 31.9 Å². The van der Waals surface area contributed by atoms with Crippen LogP contribution in [0.3, 0.4) is 0 Å². The fourth-order valence-electron chi connectivity index (χ4n) is 3.76. The van der Waals surface area contributed by atoms with Gasteiger partial charge < -0.3 is 4.98 Å². The minimum Gasteiger partial charge on any atom is -0.357 e. The summed E-state index contributed by atoms with van der Waals surface area (Å²) in [5, 5.41) is 7.51. The number of para-hydroxylation sites is 1. The van der Waals surface area contributed by atoms with E-state index in [1.165, 1.54) is 0 Å². The quantitative estimate of drug-likeness (QED) is 0.320. The molecule has 0 unspecified atom stereocenters. The SMILES string of the molecule is O=C(c1ccc(Br)cc1)N1N=C(c2ccc(Br)cc2)C[C@@H]1c1cc2ccccc2[nH]1. The highest BCUT2D eigenvalue weighted by Crippen LogP contribution is 2.35. The Morgan fingerprint density at radius 3 is 2.30 bits per heavy atom. The van der Waals surface area contributed by atoms with Crippen molar-refractivity contribution >= 4 is 54.4 Å². The van der Waals surface area contributed by atoms with Gasteiger partial charge in [-0.1, -0.05) is 62.2 Å². The summed E-state index contributed by atoms with van der Waals surface area (Å²) < 4.78 is 1.95. The number of aromatic amines is 1. The number of H-pyrrole nitrogens is 1. The summed E-state index contributed by atoms with van der Waals surface area (Å²) in [6.45, 7) is 0. The second-order valence-corrected chi connectivity index (χ2v) is 9.07. The first kappa shape index (κ1) is 19.3. The lowest BCUT2D eigenvalue weighted by Gasteiger charge is -2.21. The van der Waals surface area contributed by atoms with Gasteiger partial charge >= 0.3 is 0 Å². The third-order valence-electron chi connectivity index (χ3n) is 5.30. The van der Waals surface area contributed by atoms with Gasteiger partial charge in [0.05, 0.1) is 5.71 Å². The van der Waals surface area contributed by atoms with Gasteiger partial charge in [0.15, 0.2) is 0 Å². The van der Waals surface area contributed by atoms with Crippen LogP contribution in [0.1, 0.15) is 34.1 Å². The summed E-state index contributed by atoms with van der Waals surface area (Å²) in [5.41, 5.74) is 4.57. The second kappa shape index (κ2) is 7.85. The molecule has 1 aliphatic rings. The van der Waals surface area contributed by atoms with E-state index in [0.717, 1.165) is 36.8 Å². The van der Waals surface area contributed by atoms with E-state index in [4.69, 9.17) is 5.10 Å². The molecule has 0 saturated carbocycles. The average molecular weight is 523 g/mol. The minimum atomic E-state index is -0.188. The van der Waals surface area contributed by atoms with Gasteiger partial charge in [0.1, 0.15) is 6.04 Å². The highest BCUT2D eigenvalue weighted by atomic mass is 79.9. The molecule has 0 saturated heterocycles. The summed E-state index contributed by atoms with van der Waals surface area (Å²) in [6.07, 6.45) is 0.650. The van der Waals surface area contributed by atoms with E-state index in [9.17, 15) is 4.79 Å². The Balaban J connectivity index is 1.56. The molecule has 30 heavy (non-hydrogen) atoms. The number of rotatable bonds is 3. The summed E-state index contributed by atoms with van der Waals surface area (Å²) in [6, 6.07) is 25.5. The molecule has 148 valence electrons. The van der Waals surface area contributed by atoms with Crippen LogP contribution in [0.5, 0.6) is 0 Å². The molecule has 0 spiro atoms. The maximum absolute atomic E-state index is 13.4. The fourth-order valence-corrected chi connectivity index (χ4v) is 4.29. The number of halogens is 2. The van der Waals surface area contributed by atoms with Crippen molar-refractivity contribution in [1.29, 1.82) is 0 Å². The predicted octanol–water partition coefficient (Wildman–Crippen LogP) is 6.68. The van der Waals surface area contributed by atoms with Crippen molar-refractivity contribution in [2.24, 2.45) is 5.10 Å². The monoisotopic (exact) mass is 521 g/mol. The van der Waals surface area contributed by atoms with Gasteiger partial charge in [0, 0.05) is 32.1 Å². The first-order valence-electron chi connectivity index (χ1n) is 9.59. The number of carbonyl (C=O) groups excluding carboxylic acids is 1. The summed E-state index contributed by atoms with van der Waals surface area (Å²) in [7, 11) is 0. The number of nitrogens with one attached hydrogen (secondary N) is 1. The topological polar surface area (TPSA) is 48.5 Å². The van der Waals surface area contributed by atoms with Crippen LogP contribution in [-0.4, -0.2) is 21.6 Å². The number of carbonyl (C=O) groups is 1. The van der Waals surface area contributed by atoms with Crippen LogP contribution in [0.4, 0.5) is 0 Å². The second-order valence-electron chi connectivity index (χ2n) is 7.24. The van der Waals surface area contributed by atoms with Gasteiger partial charge in [0.2, 0.25) is 0 Å². The number of aromatic nitrogens is 1. The van der Waals surface area contributed by atoms with Crippen LogP contribution in [0.25, 0.3) is 10.9 Å². The molecule has 0 radical (unpaired) electrons. The lowest BCUT2D eigenvalue weighted by molar-refractivity contribution is 0.0708. The van der Waals surface area contributed by atoms with E-state index in [1.807, 2.05) is 66.7 Å². The summed E-state index contributed by atoms with van der Waals surface area (Å²) in [5.74, 6) is -0.113. The molecule has 0 aliphatic carbocycles. The highest BCUT2D eigenvalue weighted by Gasteiger charge is 2.34. The van der Waals surface area contributed by atoms with Crippen molar-refractivity contribution < 1.29 is 4.79 Å². The van der Waals surface area contributed by atoms with E-state index in [-0.39, 0.29) is 11.9 Å². The lowest BCUT2D eigenvalue weighted by atomic mass is 10.0. The smallest absolute Gasteiger partial charge is 0.274 e. The molecule has 1 N–H and O–H groups in total. The van der Waals surface area contributed by atoms with Gasteiger partial charge in [-0.3, -0.25) is 4.79 Å². The number of hydrazone groups is 1. The molecule has 1 atom stereocenters. The Morgan fingerprint density at radius 2 is 1.60 bits per heavy atom. The first-order chi connectivity index (χ1) is 14.6. The van der Waals surface area contributed by atoms with E-state index < -0.39 is 0 Å². The van der Waals surface area contributed by atoms with Crippen LogP contribution in [0, 0.1) is 0 Å². The molecule has 0 fully saturated rings. The predicted molar refractivity (Wildman–Crippen MR) is 127 cm³/mol. The van der Waals surface area contributed by atoms with Gasteiger partial charge in [-0.2, -0.15) is 5.10 Å². The number of hydrogen-bond donors (Lipinski definition) is 1. The van der Waals surface area contributed by atoms with Gasteiger partial charge in [0.25, 0.3) is 5.91 Å². The maximum Gasteiger partial charge on any atom is 0.274 e. The number of fused-ring (bicyclic) bond motifs is 1. The summed E-state index contributed by atoms with van der Waals surface area (Å²) >= 11 is 6.91. The molecular formula is C24H17Br2N3O. The highest BCUT2D eigenvalue weighted by molar-refractivity contribution is 9.10. The van der Waals surface area contributed by atoms with Crippen molar-refractivity contribution in [2.75, 3.05) is 0 Å². The third kappa shape index (κ3) is 3.61. The van der Waals surface area contributed by atoms with Crippen LogP contribution in [0.2, 0.25) is 0 Å². The molecule has 0 bridgehead atoms.